The largest absolute Gasteiger partial charge is 0.357 e. The van der Waals surface area contributed by atoms with Gasteiger partial charge in [0.15, 0.2) is 0 Å². The van der Waals surface area contributed by atoms with Crippen molar-refractivity contribution in [1.82, 2.24) is 9.36 Å². The highest BCUT2D eigenvalue weighted by atomic mass is 32.1. The van der Waals surface area contributed by atoms with E-state index in [4.69, 9.17) is 0 Å². The minimum atomic E-state index is 0.574. The number of rotatable bonds is 4. The van der Waals surface area contributed by atoms with Gasteiger partial charge in [0.25, 0.3) is 0 Å². The molecule has 1 saturated carbocycles. The first-order valence-corrected chi connectivity index (χ1v) is 8.16. The molecule has 0 amide bonds. The van der Waals surface area contributed by atoms with Gasteiger partial charge in [-0.3, -0.25) is 0 Å². The van der Waals surface area contributed by atoms with Crippen LogP contribution in [0.15, 0.2) is 24.3 Å². The Bertz CT molecular complexity index is 634. The summed E-state index contributed by atoms with van der Waals surface area (Å²) in [5, 5.41) is 4.60. The second-order valence-corrected chi connectivity index (χ2v) is 7.13. The third kappa shape index (κ3) is 2.03. The van der Waals surface area contributed by atoms with Crippen molar-refractivity contribution >= 4 is 16.7 Å². The smallest absolute Gasteiger partial charge is 0.202 e. The lowest BCUT2D eigenvalue weighted by Crippen LogP contribution is -2.09. The van der Waals surface area contributed by atoms with Crippen molar-refractivity contribution in [1.29, 1.82) is 0 Å². The second kappa shape index (κ2) is 4.55. The van der Waals surface area contributed by atoms with E-state index >= 15 is 0 Å². The highest BCUT2D eigenvalue weighted by Crippen LogP contribution is 2.57. The summed E-state index contributed by atoms with van der Waals surface area (Å²) >= 11 is 1.51. The van der Waals surface area contributed by atoms with Crippen molar-refractivity contribution in [3.05, 3.63) is 41.2 Å². The van der Waals surface area contributed by atoms with Crippen LogP contribution >= 0.6 is 11.5 Å². The van der Waals surface area contributed by atoms with Crippen LogP contribution in [-0.2, 0) is 12.8 Å². The van der Waals surface area contributed by atoms with Crippen molar-refractivity contribution in [2.24, 2.45) is 11.8 Å². The molecule has 20 heavy (non-hydrogen) atoms. The topological polar surface area (TPSA) is 37.8 Å². The quantitative estimate of drug-likeness (QED) is 0.934. The molecule has 1 aromatic carbocycles. The van der Waals surface area contributed by atoms with Crippen LogP contribution in [0.1, 0.15) is 36.7 Å². The summed E-state index contributed by atoms with van der Waals surface area (Å²) in [4.78, 5) is 4.61. The van der Waals surface area contributed by atoms with Gasteiger partial charge in [-0.1, -0.05) is 38.1 Å². The van der Waals surface area contributed by atoms with Crippen LogP contribution in [-0.4, -0.2) is 15.4 Å². The van der Waals surface area contributed by atoms with Gasteiger partial charge in [0.2, 0.25) is 5.13 Å². The van der Waals surface area contributed by atoms with Crippen LogP contribution in [0.4, 0.5) is 5.13 Å². The SMILES string of the molecule is CC(C)Cc1nsc(NC2C3Cc4ccccc4C32)n1. The van der Waals surface area contributed by atoms with Crippen LogP contribution in [0.2, 0.25) is 0 Å². The molecule has 104 valence electrons. The van der Waals surface area contributed by atoms with E-state index in [1.807, 2.05) is 0 Å². The van der Waals surface area contributed by atoms with Crippen LogP contribution in [0.3, 0.4) is 0 Å². The lowest BCUT2D eigenvalue weighted by molar-refractivity contribution is 0.627. The van der Waals surface area contributed by atoms with E-state index in [1.54, 1.807) is 11.1 Å². The van der Waals surface area contributed by atoms with Gasteiger partial charge in [0.05, 0.1) is 0 Å². The summed E-state index contributed by atoms with van der Waals surface area (Å²) in [5.74, 6) is 3.07. The molecule has 3 nitrogen and oxygen atoms in total. The molecule has 2 aromatic rings. The monoisotopic (exact) mass is 285 g/mol. The molecule has 2 aliphatic carbocycles. The number of benzene rings is 1. The number of anilines is 1. The van der Waals surface area contributed by atoms with Gasteiger partial charge in [-0.15, -0.1) is 0 Å². The molecule has 0 radical (unpaired) electrons. The van der Waals surface area contributed by atoms with E-state index < -0.39 is 0 Å². The van der Waals surface area contributed by atoms with E-state index in [0.29, 0.717) is 17.9 Å². The van der Waals surface area contributed by atoms with Gasteiger partial charge in [-0.2, -0.15) is 4.37 Å². The molecule has 1 N–H and O–H groups in total. The van der Waals surface area contributed by atoms with Crippen molar-refractivity contribution in [2.75, 3.05) is 5.32 Å². The molecule has 0 bridgehead atoms. The highest BCUT2D eigenvalue weighted by molar-refractivity contribution is 7.09. The molecule has 4 rings (SSSR count). The summed E-state index contributed by atoms with van der Waals surface area (Å²) < 4.78 is 4.44. The summed E-state index contributed by atoms with van der Waals surface area (Å²) in [6.45, 7) is 4.41. The standard InChI is InChI=1S/C16H19N3S/c1-9(2)7-13-17-16(20-19-13)18-15-12-8-10-5-3-4-6-11(10)14(12)15/h3-6,9,12,14-15H,7-8H2,1-2H3,(H,17,18,19). The molecular weight excluding hydrogens is 266 g/mol. The molecule has 0 saturated heterocycles. The number of aromatic nitrogens is 2. The zero-order valence-corrected chi connectivity index (χ0v) is 12.7. The first-order chi connectivity index (χ1) is 9.72. The Hall–Kier alpha value is -1.42. The Morgan fingerprint density at radius 2 is 2.20 bits per heavy atom. The number of fused-ring (bicyclic) bond motifs is 3. The van der Waals surface area contributed by atoms with Gasteiger partial charge >= 0.3 is 0 Å². The Morgan fingerprint density at radius 3 is 3.05 bits per heavy atom. The van der Waals surface area contributed by atoms with Crippen LogP contribution in [0, 0.1) is 11.8 Å². The fourth-order valence-electron chi connectivity index (χ4n) is 3.45. The van der Waals surface area contributed by atoms with Crippen molar-refractivity contribution in [2.45, 2.75) is 38.6 Å². The van der Waals surface area contributed by atoms with Crippen LogP contribution in [0.5, 0.6) is 0 Å². The maximum Gasteiger partial charge on any atom is 0.202 e. The minimum Gasteiger partial charge on any atom is -0.357 e. The Labute approximate surface area is 123 Å². The number of hydrogen-bond donors (Lipinski definition) is 1. The molecule has 2 aliphatic rings. The number of nitrogens with zero attached hydrogens (tertiary/aromatic N) is 2. The molecule has 1 fully saturated rings. The Balaban J connectivity index is 1.44. The Kier molecular flexibility index (Phi) is 2.81. The predicted molar refractivity (Wildman–Crippen MR) is 82.2 cm³/mol. The summed E-state index contributed by atoms with van der Waals surface area (Å²) in [5.41, 5.74) is 3.08. The number of hydrogen-bond acceptors (Lipinski definition) is 4. The fraction of sp³-hybridized carbons (Fsp3) is 0.500. The maximum atomic E-state index is 4.61. The third-order valence-corrected chi connectivity index (χ3v) is 5.07. The van der Waals surface area contributed by atoms with Crippen LogP contribution in [0.25, 0.3) is 0 Å². The predicted octanol–water partition coefficient (Wildman–Crippen LogP) is 3.49. The zero-order chi connectivity index (χ0) is 13.7. The molecule has 4 heteroatoms. The van der Waals surface area contributed by atoms with E-state index in [1.165, 1.54) is 18.0 Å². The molecule has 0 aliphatic heterocycles. The highest BCUT2D eigenvalue weighted by Gasteiger charge is 2.55. The lowest BCUT2D eigenvalue weighted by atomic mass is 10.1. The first-order valence-electron chi connectivity index (χ1n) is 7.39. The molecule has 3 unspecified atom stereocenters. The maximum absolute atomic E-state index is 4.61. The van der Waals surface area contributed by atoms with Gasteiger partial charge in [-0.05, 0) is 29.4 Å². The summed E-state index contributed by atoms with van der Waals surface area (Å²) in [6, 6.07) is 9.43. The zero-order valence-electron chi connectivity index (χ0n) is 11.8. The Morgan fingerprint density at radius 1 is 1.35 bits per heavy atom. The van der Waals surface area contributed by atoms with Gasteiger partial charge < -0.3 is 5.32 Å². The van der Waals surface area contributed by atoms with E-state index in [9.17, 15) is 0 Å². The van der Waals surface area contributed by atoms with Crippen LogP contribution < -0.4 is 5.32 Å². The average molecular weight is 285 g/mol. The lowest BCUT2D eigenvalue weighted by Gasteiger charge is -2.07. The van der Waals surface area contributed by atoms with Crippen molar-refractivity contribution in [3.63, 3.8) is 0 Å². The van der Waals surface area contributed by atoms with Crippen molar-refractivity contribution in [3.8, 4) is 0 Å². The van der Waals surface area contributed by atoms with E-state index in [-0.39, 0.29) is 0 Å². The van der Waals surface area contributed by atoms with E-state index in [2.05, 4.69) is 52.8 Å². The fourth-order valence-corrected chi connectivity index (χ4v) is 4.09. The molecule has 0 spiro atoms. The molecule has 3 atom stereocenters. The second-order valence-electron chi connectivity index (χ2n) is 6.38. The third-order valence-electron chi connectivity index (χ3n) is 4.39. The normalized spacial score (nSPS) is 26.4. The first kappa shape index (κ1) is 12.3. The molecule has 1 aromatic heterocycles. The summed E-state index contributed by atoms with van der Waals surface area (Å²) in [7, 11) is 0. The van der Waals surface area contributed by atoms with Gasteiger partial charge in [0.1, 0.15) is 5.82 Å². The molecular formula is C16H19N3S. The number of nitrogens with one attached hydrogen (secondary N) is 1. The minimum absolute atomic E-state index is 0.574. The van der Waals surface area contributed by atoms with Gasteiger partial charge in [-0.25, -0.2) is 4.98 Å². The van der Waals surface area contributed by atoms with E-state index in [0.717, 1.165) is 23.3 Å². The van der Waals surface area contributed by atoms with Gasteiger partial charge in [0, 0.05) is 29.9 Å². The summed E-state index contributed by atoms with van der Waals surface area (Å²) in [6.07, 6.45) is 2.19. The molecule has 1 heterocycles. The average Bonchev–Trinajstić information content (AvgIpc) is 2.77. The van der Waals surface area contributed by atoms with Crippen molar-refractivity contribution < 1.29 is 0 Å².